The van der Waals surface area contributed by atoms with Gasteiger partial charge in [-0.05, 0) is 54.0 Å². The molecular formula is C17H17FO. The number of aryl methyl sites for hydroxylation is 1. The van der Waals surface area contributed by atoms with Gasteiger partial charge in [0.25, 0.3) is 0 Å². The van der Waals surface area contributed by atoms with Gasteiger partial charge in [-0.1, -0.05) is 36.4 Å². The second-order valence-corrected chi connectivity index (χ2v) is 5.36. The highest BCUT2D eigenvalue weighted by molar-refractivity contribution is 5.40. The van der Waals surface area contributed by atoms with E-state index in [0.29, 0.717) is 23.5 Å². The fourth-order valence-corrected chi connectivity index (χ4v) is 2.79. The largest absolute Gasteiger partial charge is 0.388 e. The molecule has 2 aromatic rings. The Labute approximate surface area is 112 Å². The van der Waals surface area contributed by atoms with E-state index in [1.165, 1.54) is 17.2 Å². The fourth-order valence-electron chi connectivity index (χ4n) is 2.79. The first kappa shape index (κ1) is 12.4. The van der Waals surface area contributed by atoms with Crippen LogP contribution in [0.1, 0.15) is 40.7 Å². The lowest BCUT2D eigenvalue weighted by Crippen LogP contribution is -2.19. The molecule has 0 heterocycles. The Hall–Kier alpha value is -1.67. The van der Waals surface area contributed by atoms with Gasteiger partial charge >= 0.3 is 0 Å². The van der Waals surface area contributed by atoms with E-state index in [-0.39, 0.29) is 5.82 Å². The topological polar surface area (TPSA) is 20.2 Å². The maximum atomic E-state index is 13.5. The molecule has 1 aliphatic rings. The zero-order valence-electron chi connectivity index (χ0n) is 10.9. The maximum absolute atomic E-state index is 13.5. The molecule has 2 heteroatoms. The Balaban J connectivity index is 1.73. The molecule has 19 heavy (non-hydrogen) atoms. The minimum absolute atomic E-state index is 0.245. The molecule has 0 amide bonds. The van der Waals surface area contributed by atoms with Crippen LogP contribution in [0.25, 0.3) is 0 Å². The molecule has 98 valence electrons. The number of aliphatic hydroxyl groups is 1. The van der Waals surface area contributed by atoms with E-state index in [2.05, 4.69) is 12.1 Å². The van der Waals surface area contributed by atoms with Crippen molar-refractivity contribution in [2.24, 2.45) is 0 Å². The zero-order valence-corrected chi connectivity index (χ0v) is 10.9. The number of rotatable bonds is 3. The van der Waals surface area contributed by atoms with E-state index >= 15 is 0 Å². The third-order valence-corrected chi connectivity index (χ3v) is 4.05. The van der Waals surface area contributed by atoms with Gasteiger partial charge in [-0.2, -0.15) is 0 Å². The van der Waals surface area contributed by atoms with Crippen molar-refractivity contribution in [3.8, 4) is 0 Å². The molecule has 2 aromatic carbocycles. The lowest BCUT2D eigenvalue weighted by molar-refractivity contribution is 0.153. The van der Waals surface area contributed by atoms with Crippen LogP contribution in [-0.4, -0.2) is 5.11 Å². The highest BCUT2D eigenvalue weighted by Crippen LogP contribution is 2.40. The van der Waals surface area contributed by atoms with E-state index in [1.54, 1.807) is 13.0 Å². The third-order valence-electron chi connectivity index (χ3n) is 4.05. The van der Waals surface area contributed by atoms with Gasteiger partial charge in [0.05, 0.1) is 6.10 Å². The molecule has 0 bridgehead atoms. The van der Waals surface area contributed by atoms with E-state index in [4.69, 9.17) is 0 Å². The van der Waals surface area contributed by atoms with Gasteiger partial charge in [-0.3, -0.25) is 0 Å². The lowest BCUT2D eigenvalue weighted by atomic mass is 9.74. The summed E-state index contributed by atoms with van der Waals surface area (Å²) in [6.45, 7) is 1.73. The molecule has 1 N–H and O–H groups in total. The van der Waals surface area contributed by atoms with Crippen LogP contribution in [0.2, 0.25) is 0 Å². The van der Waals surface area contributed by atoms with Crippen molar-refractivity contribution in [2.45, 2.75) is 31.8 Å². The summed E-state index contributed by atoms with van der Waals surface area (Å²) >= 11 is 0. The third kappa shape index (κ3) is 2.28. The molecule has 0 aromatic heterocycles. The summed E-state index contributed by atoms with van der Waals surface area (Å²) in [4.78, 5) is 0. The molecule has 0 aliphatic heterocycles. The van der Waals surface area contributed by atoms with E-state index in [1.807, 2.05) is 18.2 Å². The molecule has 3 rings (SSSR count). The van der Waals surface area contributed by atoms with Crippen LogP contribution in [0.5, 0.6) is 0 Å². The van der Waals surface area contributed by atoms with E-state index in [9.17, 15) is 9.50 Å². The van der Waals surface area contributed by atoms with Gasteiger partial charge < -0.3 is 5.11 Å². The Bertz CT molecular complexity index is 606. The van der Waals surface area contributed by atoms with Crippen molar-refractivity contribution in [3.05, 3.63) is 70.5 Å². The molecule has 0 radical (unpaired) electrons. The van der Waals surface area contributed by atoms with Crippen LogP contribution < -0.4 is 0 Å². The standard InChI is InChI=1S/C17H17FO/c1-11-6-7-13(9-16(11)18)17(19)10-14-8-12-4-2-3-5-15(12)14/h2-7,9,14,17,19H,8,10H2,1H3. The summed E-state index contributed by atoms with van der Waals surface area (Å²) in [5, 5.41) is 10.2. The first-order valence-electron chi connectivity index (χ1n) is 6.67. The number of benzene rings is 2. The van der Waals surface area contributed by atoms with Crippen LogP contribution in [0.3, 0.4) is 0 Å². The average molecular weight is 256 g/mol. The lowest BCUT2D eigenvalue weighted by Gasteiger charge is -2.31. The predicted molar refractivity (Wildman–Crippen MR) is 73.6 cm³/mol. The van der Waals surface area contributed by atoms with Gasteiger partial charge in [0.2, 0.25) is 0 Å². The summed E-state index contributed by atoms with van der Waals surface area (Å²) in [5.41, 5.74) is 3.99. The van der Waals surface area contributed by atoms with Crippen molar-refractivity contribution in [1.29, 1.82) is 0 Å². The highest BCUT2D eigenvalue weighted by Gasteiger charge is 2.27. The van der Waals surface area contributed by atoms with Gasteiger partial charge in [0, 0.05) is 0 Å². The van der Waals surface area contributed by atoms with Gasteiger partial charge in [0.15, 0.2) is 0 Å². The Morgan fingerprint density at radius 2 is 2.05 bits per heavy atom. The highest BCUT2D eigenvalue weighted by atomic mass is 19.1. The average Bonchev–Trinajstić information content (AvgIpc) is 2.39. The summed E-state index contributed by atoms with van der Waals surface area (Å²) in [5.74, 6) is 0.154. The van der Waals surface area contributed by atoms with Crippen molar-refractivity contribution < 1.29 is 9.50 Å². The Morgan fingerprint density at radius 3 is 2.79 bits per heavy atom. The SMILES string of the molecule is Cc1ccc(C(O)CC2Cc3ccccc32)cc1F. The molecular weight excluding hydrogens is 239 g/mol. The second-order valence-electron chi connectivity index (χ2n) is 5.36. The van der Waals surface area contributed by atoms with Gasteiger partial charge in [-0.15, -0.1) is 0 Å². The summed E-state index contributed by atoms with van der Waals surface area (Å²) in [6.07, 6.45) is 1.09. The number of hydrogen-bond acceptors (Lipinski definition) is 1. The Morgan fingerprint density at radius 1 is 1.26 bits per heavy atom. The van der Waals surface area contributed by atoms with Crippen molar-refractivity contribution >= 4 is 0 Å². The maximum Gasteiger partial charge on any atom is 0.126 e. The number of aliphatic hydroxyl groups excluding tert-OH is 1. The summed E-state index contributed by atoms with van der Waals surface area (Å²) < 4.78 is 13.5. The molecule has 0 fully saturated rings. The predicted octanol–water partition coefficient (Wildman–Crippen LogP) is 3.90. The smallest absolute Gasteiger partial charge is 0.126 e. The molecule has 0 spiro atoms. The van der Waals surface area contributed by atoms with Crippen molar-refractivity contribution in [1.82, 2.24) is 0 Å². The van der Waals surface area contributed by atoms with Crippen molar-refractivity contribution in [3.63, 3.8) is 0 Å². The molecule has 0 saturated heterocycles. The van der Waals surface area contributed by atoms with E-state index < -0.39 is 6.10 Å². The first-order chi connectivity index (χ1) is 9.15. The molecule has 1 aliphatic carbocycles. The van der Waals surface area contributed by atoms with Crippen LogP contribution in [-0.2, 0) is 6.42 Å². The van der Waals surface area contributed by atoms with Crippen molar-refractivity contribution in [2.75, 3.05) is 0 Å². The summed E-state index contributed by atoms with van der Waals surface area (Å²) in [6, 6.07) is 13.3. The second kappa shape index (κ2) is 4.78. The number of fused-ring (bicyclic) bond motifs is 1. The van der Waals surface area contributed by atoms with Crippen LogP contribution in [0.4, 0.5) is 4.39 Å². The first-order valence-corrected chi connectivity index (χ1v) is 6.67. The number of hydrogen-bond donors (Lipinski definition) is 1. The van der Waals surface area contributed by atoms with Crippen LogP contribution in [0.15, 0.2) is 42.5 Å². The fraction of sp³-hybridized carbons (Fsp3) is 0.294. The minimum Gasteiger partial charge on any atom is -0.388 e. The normalized spacial score (nSPS) is 18.6. The summed E-state index contributed by atoms with van der Waals surface area (Å²) in [7, 11) is 0. The zero-order chi connectivity index (χ0) is 13.4. The van der Waals surface area contributed by atoms with Gasteiger partial charge in [0.1, 0.15) is 5.82 Å². The Kier molecular flexibility index (Phi) is 3.11. The number of halogens is 1. The molecule has 2 atom stereocenters. The molecule has 1 nitrogen and oxygen atoms in total. The van der Waals surface area contributed by atoms with E-state index in [0.717, 1.165) is 6.42 Å². The molecule has 2 unspecified atom stereocenters. The van der Waals surface area contributed by atoms with Crippen LogP contribution in [0, 0.1) is 12.7 Å². The monoisotopic (exact) mass is 256 g/mol. The minimum atomic E-state index is -0.589. The molecule has 0 saturated carbocycles. The quantitative estimate of drug-likeness (QED) is 0.883. The van der Waals surface area contributed by atoms with Crippen LogP contribution >= 0.6 is 0 Å². The van der Waals surface area contributed by atoms with Gasteiger partial charge in [-0.25, -0.2) is 4.39 Å².